The Kier molecular flexibility index (Phi) is 9.14. The summed E-state index contributed by atoms with van der Waals surface area (Å²) in [4.78, 5) is 13.0. The van der Waals surface area contributed by atoms with Crippen molar-refractivity contribution in [1.29, 1.82) is 0 Å². The molecular weight excluding hydrogens is 536 g/mol. The Morgan fingerprint density at radius 2 is 1.63 bits per heavy atom. The molecule has 1 N–H and O–H groups in total. The SMILES string of the molecule is CC(C)(C)COP(=O)(N1CCC(NC(=O)c2cccc(-c3ccc(Cl)c(C(F)(F)F)c3)c2)CC1)C(C)(C)C. The molecule has 2 aromatic carbocycles. The number of hydrogen-bond acceptors (Lipinski definition) is 3. The lowest BCUT2D eigenvalue weighted by atomic mass is 9.99. The summed E-state index contributed by atoms with van der Waals surface area (Å²) in [5, 5.41) is 2.10. The predicted molar refractivity (Wildman–Crippen MR) is 147 cm³/mol. The molecule has 1 atom stereocenters. The number of halogens is 4. The summed E-state index contributed by atoms with van der Waals surface area (Å²) in [5.41, 5.74) is 0.108. The summed E-state index contributed by atoms with van der Waals surface area (Å²) in [6.07, 6.45) is -3.36. The summed E-state index contributed by atoms with van der Waals surface area (Å²) in [7, 11) is -3.12. The van der Waals surface area contributed by atoms with Crippen molar-refractivity contribution in [2.75, 3.05) is 19.7 Å². The molecule has 10 heteroatoms. The number of alkyl halides is 3. The van der Waals surface area contributed by atoms with E-state index in [9.17, 15) is 22.5 Å². The van der Waals surface area contributed by atoms with E-state index in [2.05, 4.69) is 5.32 Å². The predicted octanol–water partition coefficient (Wildman–Crippen LogP) is 8.27. The molecule has 0 saturated carbocycles. The topological polar surface area (TPSA) is 58.6 Å². The minimum atomic E-state index is -4.58. The highest BCUT2D eigenvalue weighted by atomic mass is 35.5. The Morgan fingerprint density at radius 3 is 2.18 bits per heavy atom. The van der Waals surface area contributed by atoms with Crippen LogP contribution in [0.5, 0.6) is 0 Å². The van der Waals surface area contributed by atoms with Crippen molar-refractivity contribution >= 4 is 25.0 Å². The molecule has 0 bridgehead atoms. The van der Waals surface area contributed by atoms with Crippen molar-refractivity contribution < 1.29 is 27.1 Å². The molecule has 2 aromatic rings. The molecule has 1 aliphatic rings. The standard InChI is InChI=1S/C28H37ClF3N2O3P/c1-26(2,3)18-37-38(36,27(4,5)6)34-14-12-22(13-15-34)33-25(35)21-9-7-8-19(16-21)20-10-11-24(29)23(17-20)28(30,31)32/h7-11,16-17,22H,12-15,18H2,1-6H3,(H,33,35). The number of piperidine rings is 1. The maximum atomic E-state index is 14.0. The van der Waals surface area contributed by atoms with Gasteiger partial charge in [-0.05, 0) is 74.4 Å². The van der Waals surface area contributed by atoms with Crippen molar-refractivity contribution in [3.05, 3.63) is 58.6 Å². The Morgan fingerprint density at radius 1 is 1.03 bits per heavy atom. The Labute approximate surface area is 228 Å². The number of rotatable bonds is 6. The second kappa shape index (κ2) is 11.3. The van der Waals surface area contributed by atoms with Gasteiger partial charge in [0.2, 0.25) is 0 Å². The van der Waals surface area contributed by atoms with Gasteiger partial charge in [0.1, 0.15) is 0 Å². The van der Waals surface area contributed by atoms with E-state index >= 15 is 0 Å². The molecule has 38 heavy (non-hydrogen) atoms. The molecule has 3 rings (SSSR count). The van der Waals surface area contributed by atoms with Crippen LogP contribution < -0.4 is 5.32 Å². The number of carbonyl (C=O) groups is 1. The lowest BCUT2D eigenvalue weighted by Gasteiger charge is -2.43. The summed E-state index contributed by atoms with van der Waals surface area (Å²) in [5.74, 6) is -0.307. The number of nitrogens with one attached hydrogen (secondary N) is 1. The van der Waals surface area contributed by atoms with E-state index in [1.54, 1.807) is 24.3 Å². The average molecular weight is 573 g/mol. The molecule has 0 radical (unpaired) electrons. The zero-order chi connectivity index (χ0) is 28.5. The van der Waals surface area contributed by atoms with Gasteiger partial charge in [-0.2, -0.15) is 13.2 Å². The van der Waals surface area contributed by atoms with E-state index in [4.69, 9.17) is 16.1 Å². The normalized spacial score (nSPS) is 17.7. The van der Waals surface area contributed by atoms with Gasteiger partial charge in [0.25, 0.3) is 13.4 Å². The largest absolute Gasteiger partial charge is 0.417 e. The molecule has 0 aliphatic carbocycles. The Balaban J connectivity index is 1.69. The maximum Gasteiger partial charge on any atom is 0.417 e. The minimum absolute atomic E-state index is 0.120. The lowest BCUT2D eigenvalue weighted by Crippen LogP contribution is -2.45. The maximum absolute atomic E-state index is 14.0. The van der Waals surface area contributed by atoms with Gasteiger partial charge in [0, 0.05) is 24.7 Å². The molecule has 5 nitrogen and oxygen atoms in total. The number of amides is 1. The molecule has 1 amide bonds. The summed E-state index contributed by atoms with van der Waals surface area (Å²) >= 11 is 5.75. The number of nitrogens with zero attached hydrogens (tertiary/aromatic N) is 1. The fourth-order valence-corrected chi connectivity index (χ4v) is 7.23. The van der Waals surface area contributed by atoms with Crippen LogP contribution in [0.3, 0.4) is 0 Å². The first kappa shape index (κ1) is 30.7. The molecule has 0 aromatic heterocycles. The second-order valence-electron chi connectivity index (χ2n) is 12.0. The van der Waals surface area contributed by atoms with Crippen molar-refractivity contribution in [1.82, 2.24) is 9.99 Å². The number of carbonyl (C=O) groups excluding carboxylic acids is 1. The van der Waals surface area contributed by atoms with E-state index in [-0.39, 0.29) is 22.4 Å². The van der Waals surface area contributed by atoms with Gasteiger partial charge < -0.3 is 9.84 Å². The summed E-state index contributed by atoms with van der Waals surface area (Å²) in [6, 6.07) is 10.1. The highest BCUT2D eigenvalue weighted by molar-refractivity contribution is 7.58. The zero-order valence-electron chi connectivity index (χ0n) is 22.8. The van der Waals surface area contributed by atoms with Crippen LogP contribution in [0.2, 0.25) is 5.02 Å². The van der Waals surface area contributed by atoms with E-state index in [0.717, 1.165) is 6.07 Å². The molecule has 1 heterocycles. The Hall–Kier alpha value is -1.86. The number of benzene rings is 2. The van der Waals surface area contributed by atoms with Crippen molar-refractivity contribution in [3.8, 4) is 11.1 Å². The third-order valence-electron chi connectivity index (χ3n) is 6.43. The van der Waals surface area contributed by atoms with E-state index < -0.39 is 24.4 Å². The van der Waals surface area contributed by atoms with E-state index in [0.29, 0.717) is 49.2 Å². The van der Waals surface area contributed by atoms with Crippen LogP contribution in [0, 0.1) is 5.41 Å². The summed E-state index contributed by atoms with van der Waals surface area (Å²) < 4.78 is 61.9. The minimum Gasteiger partial charge on any atom is -0.349 e. The third-order valence-corrected chi connectivity index (χ3v) is 10.1. The van der Waals surface area contributed by atoms with Crippen molar-refractivity contribution in [2.24, 2.45) is 5.41 Å². The number of hydrogen-bond donors (Lipinski definition) is 1. The smallest absolute Gasteiger partial charge is 0.349 e. The van der Waals surface area contributed by atoms with Crippen LogP contribution in [0.4, 0.5) is 13.2 Å². The zero-order valence-corrected chi connectivity index (χ0v) is 24.4. The van der Waals surface area contributed by atoms with Gasteiger partial charge in [-0.25, -0.2) is 4.67 Å². The van der Waals surface area contributed by atoms with Crippen molar-refractivity contribution in [3.63, 3.8) is 0 Å². The van der Waals surface area contributed by atoms with Gasteiger partial charge >= 0.3 is 6.18 Å². The van der Waals surface area contributed by atoms with E-state index in [1.807, 2.05) is 46.2 Å². The fourth-order valence-electron chi connectivity index (χ4n) is 4.29. The molecule has 1 fully saturated rings. The van der Waals surface area contributed by atoms with Crippen molar-refractivity contribution in [2.45, 2.75) is 71.8 Å². The Bertz CT molecular complexity index is 1200. The lowest BCUT2D eigenvalue weighted by molar-refractivity contribution is -0.137. The molecule has 210 valence electrons. The summed E-state index contributed by atoms with van der Waals surface area (Å²) in [6.45, 7) is 13.3. The highest BCUT2D eigenvalue weighted by Gasteiger charge is 2.45. The van der Waals surface area contributed by atoms with Crippen LogP contribution in [0.25, 0.3) is 11.1 Å². The van der Waals surface area contributed by atoms with Crippen LogP contribution in [-0.2, 0) is 15.3 Å². The fraction of sp³-hybridized carbons (Fsp3) is 0.536. The first-order valence-corrected chi connectivity index (χ1v) is 14.6. The highest BCUT2D eigenvalue weighted by Crippen LogP contribution is 2.62. The molecule has 0 spiro atoms. The van der Waals surface area contributed by atoms with Gasteiger partial charge in [-0.15, -0.1) is 0 Å². The quantitative estimate of drug-likeness (QED) is 0.354. The van der Waals surface area contributed by atoms with Crippen LogP contribution in [-0.4, -0.2) is 41.5 Å². The van der Waals surface area contributed by atoms with Gasteiger partial charge in [-0.1, -0.05) is 50.6 Å². The molecule has 1 aliphatic heterocycles. The molecular formula is C28H37ClF3N2O3P. The van der Waals surface area contributed by atoms with Gasteiger partial charge in [-0.3, -0.25) is 9.36 Å². The monoisotopic (exact) mass is 572 g/mol. The van der Waals surface area contributed by atoms with E-state index in [1.165, 1.54) is 12.1 Å². The molecule has 1 unspecified atom stereocenters. The van der Waals surface area contributed by atoms with Crippen LogP contribution >= 0.6 is 19.1 Å². The average Bonchev–Trinajstić information content (AvgIpc) is 2.81. The second-order valence-corrected chi connectivity index (χ2v) is 15.6. The first-order valence-electron chi connectivity index (χ1n) is 12.7. The third kappa shape index (κ3) is 7.41. The van der Waals surface area contributed by atoms with Gasteiger partial charge in [0.05, 0.1) is 22.3 Å². The molecule has 1 saturated heterocycles. The van der Waals surface area contributed by atoms with Crippen LogP contribution in [0.15, 0.2) is 42.5 Å². The van der Waals surface area contributed by atoms with Gasteiger partial charge in [0.15, 0.2) is 0 Å². The van der Waals surface area contributed by atoms with Crippen LogP contribution in [0.1, 0.15) is 70.3 Å². The first-order chi connectivity index (χ1) is 17.4.